The van der Waals surface area contributed by atoms with E-state index in [4.69, 9.17) is 9.63 Å². The molecule has 1 amide bonds. The number of carbonyl (C=O) groups excluding carboxylic acids is 1. The Balaban J connectivity index is 1.82. The lowest BCUT2D eigenvalue weighted by Crippen LogP contribution is -2.54. The van der Waals surface area contributed by atoms with Crippen molar-refractivity contribution in [2.75, 3.05) is 13.1 Å². The second kappa shape index (κ2) is 7.59. The monoisotopic (exact) mass is 323 g/mol. The van der Waals surface area contributed by atoms with Gasteiger partial charge in [-0.05, 0) is 25.8 Å². The molecule has 0 aliphatic heterocycles. The Morgan fingerprint density at radius 3 is 2.74 bits per heavy atom. The summed E-state index contributed by atoms with van der Waals surface area (Å²) in [6.45, 7) is 6.78. The van der Waals surface area contributed by atoms with Gasteiger partial charge in [0.05, 0.1) is 12.2 Å². The molecule has 1 aromatic rings. The second-order valence-electron chi connectivity index (χ2n) is 6.18. The van der Waals surface area contributed by atoms with Crippen molar-refractivity contribution >= 4 is 11.9 Å². The molecule has 1 aliphatic rings. The largest absolute Gasteiger partial charge is 0.480 e. The quantitative estimate of drug-likeness (QED) is 0.758. The molecule has 23 heavy (non-hydrogen) atoms. The summed E-state index contributed by atoms with van der Waals surface area (Å²) < 4.78 is 5.12. The maximum Gasteiger partial charge on any atom is 0.317 e. The minimum atomic E-state index is -0.821. The standard InChI is InChI=1S/C16H25N3O4/c1-4-10(3)13-8-14(23-18-13)16(22)17-11-6-12(7-11)19(5-2)9-15(20)21/h8,10-12H,4-7,9H2,1-3H3,(H,17,22)(H,20,21)/t10-,11?,12?/m0/s1. The minimum Gasteiger partial charge on any atom is -0.480 e. The summed E-state index contributed by atoms with van der Waals surface area (Å²) in [5.41, 5.74) is 0.794. The van der Waals surface area contributed by atoms with E-state index in [0.29, 0.717) is 6.54 Å². The van der Waals surface area contributed by atoms with Crippen molar-refractivity contribution in [3.05, 3.63) is 17.5 Å². The maximum absolute atomic E-state index is 12.1. The average molecular weight is 323 g/mol. The first-order valence-corrected chi connectivity index (χ1v) is 8.17. The first kappa shape index (κ1) is 17.5. The van der Waals surface area contributed by atoms with Gasteiger partial charge in [0.15, 0.2) is 0 Å². The highest BCUT2D eigenvalue weighted by Crippen LogP contribution is 2.26. The summed E-state index contributed by atoms with van der Waals surface area (Å²) >= 11 is 0. The van der Waals surface area contributed by atoms with Gasteiger partial charge in [-0.15, -0.1) is 0 Å². The Morgan fingerprint density at radius 1 is 1.48 bits per heavy atom. The van der Waals surface area contributed by atoms with Gasteiger partial charge in [-0.25, -0.2) is 0 Å². The number of rotatable bonds is 8. The van der Waals surface area contributed by atoms with Gasteiger partial charge in [0.1, 0.15) is 0 Å². The number of aromatic nitrogens is 1. The SMILES string of the molecule is CC[C@H](C)c1cc(C(=O)NC2CC(N(CC)CC(=O)O)C2)on1. The summed E-state index contributed by atoms with van der Waals surface area (Å²) in [5.74, 6) is -0.570. The molecule has 0 unspecified atom stereocenters. The van der Waals surface area contributed by atoms with Gasteiger partial charge < -0.3 is 14.9 Å². The lowest BCUT2D eigenvalue weighted by molar-refractivity contribution is -0.139. The van der Waals surface area contributed by atoms with Gasteiger partial charge in [-0.3, -0.25) is 14.5 Å². The Labute approximate surface area is 136 Å². The molecule has 0 aromatic carbocycles. The first-order chi connectivity index (χ1) is 10.9. The number of nitrogens with zero attached hydrogens (tertiary/aromatic N) is 2. The number of hydrogen-bond donors (Lipinski definition) is 2. The van der Waals surface area contributed by atoms with Crippen LogP contribution in [0.5, 0.6) is 0 Å². The highest BCUT2D eigenvalue weighted by molar-refractivity contribution is 5.91. The third-order valence-corrected chi connectivity index (χ3v) is 4.58. The molecule has 7 heteroatoms. The van der Waals surface area contributed by atoms with Gasteiger partial charge in [0.25, 0.3) is 5.91 Å². The molecular weight excluding hydrogens is 298 g/mol. The van der Waals surface area contributed by atoms with Crippen LogP contribution in [0.1, 0.15) is 62.2 Å². The van der Waals surface area contributed by atoms with Crippen molar-refractivity contribution in [2.45, 2.75) is 58.0 Å². The van der Waals surface area contributed by atoms with Crippen LogP contribution in [0.3, 0.4) is 0 Å². The van der Waals surface area contributed by atoms with Crippen molar-refractivity contribution in [1.82, 2.24) is 15.4 Å². The van der Waals surface area contributed by atoms with E-state index >= 15 is 0 Å². The van der Waals surface area contributed by atoms with Crippen molar-refractivity contribution in [2.24, 2.45) is 0 Å². The van der Waals surface area contributed by atoms with Crippen LogP contribution in [0.4, 0.5) is 0 Å². The normalized spacial score (nSPS) is 21.7. The molecule has 128 valence electrons. The fraction of sp³-hybridized carbons (Fsp3) is 0.688. The van der Waals surface area contributed by atoms with Crippen molar-refractivity contribution in [1.29, 1.82) is 0 Å². The summed E-state index contributed by atoms with van der Waals surface area (Å²) in [6.07, 6.45) is 2.47. The number of aliphatic carboxylic acids is 1. The molecule has 2 N–H and O–H groups in total. The highest BCUT2D eigenvalue weighted by atomic mass is 16.5. The molecule has 1 aromatic heterocycles. The number of amides is 1. The summed E-state index contributed by atoms with van der Waals surface area (Å²) in [4.78, 5) is 24.9. The summed E-state index contributed by atoms with van der Waals surface area (Å²) in [6, 6.07) is 1.97. The topological polar surface area (TPSA) is 95.7 Å². The van der Waals surface area contributed by atoms with E-state index in [-0.39, 0.29) is 36.2 Å². The van der Waals surface area contributed by atoms with Crippen LogP contribution < -0.4 is 5.32 Å². The molecule has 7 nitrogen and oxygen atoms in total. The van der Waals surface area contributed by atoms with Gasteiger partial charge in [0.2, 0.25) is 5.76 Å². The summed E-state index contributed by atoms with van der Waals surface area (Å²) in [5, 5.41) is 15.7. The van der Waals surface area contributed by atoms with Crippen LogP contribution in [-0.2, 0) is 4.79 Å². The Morgan fingerprint density at radius 2 is 2.17 bits per heavy atom. The number of carbonyl (C=O) groups is 2. The van der Waals surface area contributed by atoms with E-state index in [9.17, 15) is 9.59 Å². The summed E-state index contributed by atoms with van der Waals surface area (Å²) in [7, 11) is 0. The lowest BCUT2D eigenvalue weighted by Gasteiger charge is -2.42. The first-order valence-electron chi connectivity index (χ1n) is 8.17. The van der Waals surface area contributed by atoms with E-state index < -0.39 is 5.97 Å². The molecule has 2 rings (SSSR count). The Hall–Kier alpha value is -1.89. The molecule has 0 saturated heterocycles. The third kappa shape index (κ3) is 4.31. The predicted octanol–water partition coefficient (Wildman–Crippen LogP) is 1.86. The maximum atomic E-state index is 12.1. The minimum absolute atomic E-state index is 0.0439. The number of hydrogen-bond acceptors (Lipinski definition) is 5. The molecule has 1 heterocycles. The molecule has 1 saturated carbocycles. The smallest absolute Gasteiger partial charge is 0.317 e. The molecule has 0 bridgehead atoms. The van der Waals surface area contributed by atoms with Crippen LogP contribution in [0, 0.1) is 0 Å². The van der Waals surface area contributed by atoms with Crippen molar-refractivity contribution < 1.29 is 19.2 Å². The van der Waals surface area contributed by atoms with Crippen LogP contribution in [0.2, 0.25) is 0 Å². The zero-order valence-electron chi connectivity index (χ0n) is 13.9. The number of carboxylic acid groups (broad SMARTS) is 1. The predicted molar refractivity (Wildman–Crippen MR) is 84.4 cm³/mol. The van der Waals surface area contributed by atoms with Crippen molar-refractivity contribution in [3.8, 4) is 0 Å². The molecule has 1 aliphatic carbocycles. The number of likely N-dealkylation sites (N-methyl/N-ethyl adjacent to an activating group) is 1. The van der Waals surface area contributed by atoms with Gasteiger partial charge in [-0.2, -0.15) is 0 Å². The Bertz CT molecular complexity index is 551. The van der Waals surface area contributed by atoms with E-state index in [1.54, 1.807) is 6.07 Å². The fourth-order valence-electron chi connectivity index (χ4n) is 2.77. The van der Waals surface area contributed by atoms with Crippen LogP contribution in [-0.4, -0.2) is 52.2 Å². The van der Waals surface area contributed by atoms with E-state index in [0.717, 1.165) is 25.0 Å². The average Bonchev–Trinajstić information content (AvgIpc) is 2.97. The third-order valence-electron chi connectivity index (χ3n) is 4.58. The number of carboxylic acids is 1. The number of nitrogens with one attached hydrogen (secondary N) is 1. The van der Waals surface area contributed by atoms with Gasteiger partial charge in [-0.1, -0.05) is 25.9 Å². The van der Waals surface area contributed by atoms with Crippen LogP contribution >= 0.6 is 0 Å². The van der Waals surface area contributed by atoms with E-state index in [2.05, 4.69) is 17.4 Å². The second-order valence-corrected chi connectivity index (χ2v) is 6.18. The molecule has 0 spiro atoms. The lowest BCUT2D eigenvalue weighted by atomic mass is 9.85. The zero-order chi connectivity index (χ0) is 17.0. The molecule has 1 fully saturated rings. The van der Waals surface area contributed by atoms with E-state index in [1.807, 2.05) is 18.7 Å². The van der Waals surface area contributed by atoms with Gasteiger partial charge >= 0.3 is 5.97 Å². The molecule has 0 radical (unpaired) electrons. The molecular formula is C16H25N3O4. The van der Waals surface area contributed by atoms with E-state index in [1.165, 1.54) is 0 Å². The Kier molecular flexibility index (Phi) is 5.76. The van der Waals surface area contributed by atoms with Crippen LogP contribution in [0.25, 0.3) is 0 Å². The highest BCUT2D eigenvalue weighted by Gasteiger charge is 2.35. The van der Waals surface area contributed by atoms with Crippen LogP contribution in [0.15, 0.2) is 10.6 Å². The van der Waals surface area contributed by atoms with Crippen molar-refractivity contribution in [3.63, 3.8) is 0 Å². The van der Waals surface area contributed by atoms with Gasteiger partial charge in [0, 0.05) is 24.1 Å². The molecule has 1 atom stereocenters. The fourth-order valence-corrected chi connectivity index (χ4v) is 2.77. The zero-order valence-corrected chi connectivity index (χ0v) is 13.9.